The Balaban J connectivity index is 1.81. The van der Waals surface area contributed by atoms with Crippen molar-refractivity contribution in [1.29, 1.82) is 0 Å². The first-order chi connectivity index (χ1) is 9.82. The highest BCUT2D eigenvalue weighted by Gasteiger charge is 2.40. The Bertz CT molecular complexity index is 304. The van der Waals surface area contributed by atoms with Crippen molar-refractivity contribution in [1.82, 2.24) is 14.0 Å². The van der Waals surface area contributed by atoms with Crippen molar-refractivity contribution >= 4 is 18.3 Å². The Morgan fingerprint density at radius 2 is 0.800 bits per heavy atom. The smallest absolute Gasteiger partial charge is 0.146 e. The van der Waals surface area contributed by atoms with Gasteiger partial charge in [0.1, 0.15) is 6.49 Å². The number of morpholine rings is 3. The van der Waals surface area contributed by atoms with Crippen molar-refractivity contribution in [2.75, 3.05) is 78.9 Å². The van der Waals surface area contributed by atoms with E-state index in [0.29, 0.717) is 0 Å². The van der Waals surface area contributed by atoms with Gasteiger partial charge in [0.2, 0.25) is 0 Å². The molecule has 20 heavy (non-hydrogen) atoms. The third-order valence-corrected chi connectivity index (χ3v) is 9.56. The molecule has 3 aliphatic rings. The van der Waals surface area contributed by atoms with Gasteiger partial charge in [-0.1, -0.05) is 0 Å². The molecule has 6 nitrogen and oxygen atoms in total. The Hall–Kier alpha value is 0.410. The molecule has 0 saturated carbocycles. The van der Waals surface area contributed by atoms with Crippen LogP contribution in [0.1, 0.15) is 0 Å². The summed E-state index contributed by atoms with van der Waals surface area (Å²) in [6.45, 7) is 8.64. The van der Waals surface area contributed by atoms with Crippen molar-refractivity contribution < 1.29 is 14.2 Å². The van der Waals surface area contributed by atoms with Crippen molar-refractivity contribution in [3.05, 3.63) is 0 Å². The molecule has 0 unspecified atom stereocenters. The number of rotatable bonds is 3. The molecule has 3 saturated heterocycles. The molecule has 0 aliphatic carbocycles. The quantitative estimate of drug-likeness (QED) is 0.688. The summed E-state index contributed by atoms with van der Waals surface area (Å²) in [5.74, 6) is 0. The van der Waals surface area contributed by atoms with Crippen LogP contribution in [0.3, 0.4) is 0 Å². The first-order valence-electron chi connectivity index (χ1n) is 7.41. The van der Waals surface area contributed by atoms with Gasteiger partial charge in [0.05, 0.1) is 39.6 Å². The van der Waals surface area contributed by atoms with E-state index in [2.05, 4.69) is 14.0 Å². The lowest BCUT2D eigenvalue weighted by molar-refractivity contribution is 0.0394. The molecule has 116 valence electrons. The fourth-order valence-corrected chi connectivity index (χ4v) is 7.58. The van der Waals surface area contributed by atoms with E-state index in [1.165, 1.54) is 0 Å². The Morgan fingerprint density at radius 1 is 0.550 bits per heavy atom. The van der Waals surface area contributed by atoms with E-state index >= 15 is 0 Å². The first-order valence-corrected chi connectivity index (χ1v) is 10.1. The minimum atomic E-state index is -1.85. The van der Waals surface area contributed by atoms with Gasteiger partial charge in [-0.25, -0.2) is 14.0 Å². The van der Waals surface area contributed by atoms with Crippen molar-refractivity contribution in [2.45, 2.75) is 0 Å². The van der Waals surface area contributed by atoms with E-state index in [9.17, 15) is 0 Å². The van der Waals surface area contributed by atoms with Crippen LogP contribution in [0.25, 0.3) is 0 Å². The number of ether oxygens (including phenoxy) is 3. The molecule has 8 heteroatoms. The van der Waals surface area contributed by atoms with E-state index in [1.54, 1.807) is 0 Å². The fourth-order valence-electron chi connectivity index (χ4n) is 2.98. The van der Waals surface area contributed by atoms with E-state index in [-0.39, 0.29) is 0 Å². The highest BCUT2D eigenvalue weighted by Crippen LogP contribution is 2.57. The maximum absolute atomic E-state index is 6.28. The van der Waals surface area contributed by atoms with Crippen LogP contribution in [-0.4, -0.2) is 92.9 Å². The molecule has 3 heterocycles. The molecular weight excluding hydrogens is 297 g/mol. The van der Waals surface area contributed by atoms with Crippen molar-refractivity contribution in [2.24, 2.45) is 0 Å². The van der Waals surface area contributed by atoms with Gasteiger partial charge in [0, 0.05) is 39.3 Å². The second-order valence-corrected chi connectivity index (χ2v) is 9.40. The molecule has 0 N–H and O–H groups in total. The summed E-state index contributed by atoms with van der Waals surface area (Å²) < 4.78 is 24.0. The summed E-state index contributed by atoms with van der Waals surface area (Å²) >= 11 is 6.28. The SMILES string of the molecule is S=P(N1CCOCC1)(N1CCOCC1)N1CCOCC1. The van der Waals surface area contributed by atoms with Gasteiger partial charge in [0.15, 0.2) is 0 Å². The standard InChI is InChI=1S/C12H24N3O3PS/c20-19(13-1-7-16-8-2-13,14-3-9-17-10-4-14)15-5-11-18-12-6-15/h1-12H2. The van der Waals surface area contributed by atoms with Crippen LogP contribution in [-0.2, 0) is 26.0 Å². The maximum atomic E-state index is 6.28. The second-order valence-electron chi connectivity index (χ2n) is 5.21. The predicted molar refractivity (Wildman–Crippen MR) is 81.5 cm³/mol. The molecule has 0 spiro atoms. The van der Waals surface area contributed by atoms with Crippen LogP contribution < -0.4 is 0 Å². The molecule has 0 radical (unpaired) electrons. The first kappa shape index (κ1) is 15.3. The molecule has 0 aromatic heterocycles. The zero-order valence-corrected chi connectivity index (χ0v) is 13.6. The van der Waals surface area contributed by atoms with Gasteiger partial charge in [-0.05, 0) is 11.8 Å². The average Bonchev–Trinajstić information content (AvgIpc) is 2.56. The number of nitrogens with zero attached hydrogens (tertiary/aromatic N) is 3. The molecule has 3 fully saturated rings. The van der Waals surface area contributed by atoms with Gasteiger partial charge in [-0.2, -0.15) is 0 Å². The highest BCUT2D eigenvalue weighted by atomic mass is 32.4. The van der Waals surface area contributed by atoms with Gasteiger partial charge in [0.25, 0.3) is 0 Å². The third-order valence-electron chi connectivity index (χ3n) is 4.07. The lowest BCUT2D eigenvalue weighted by atomic mass is 10.5. The molecule has 0 amide bonds. The molecule has 0 atom stereocenters. The van der Waals surface area contributed by atoms with Gasteiger partial charge < -0.3 is 14.2 Å². The topological polar surface area (TPSA) is 37.4 Å². The lowest BCUT2D eigenvalue weighted by Crippen LogP contribution is -2.50. The maximum Gasteiger partial charge on any atom is 0.146 e. The van der Waals surface area contributed by atoms with E-state index in [0.717, 1.165) is 78.9 Å². The summed E-state index contributed by atoms with van der Waals surface area (Å²) in [5, 5.41) is 0. The average molecular weight is 321 g/mol. The zero-order valence-electron chi connectivity index (χ0n) is 11.9. The van der Waals surface area contributed by atoms with Crippen molar-refractivity contribution in [3.63, 3.8) is 0 Å². The molecular formula is C12H24N3O3PS. The van der Waals surface area contributed by atoms with Gasteiger partial charge in [-0.3, -0.25) is 0 Å². The van der Waals surface area contributed by atoms with Crippen LogP contribution >= 0.6 is 6.49 Å². The van der Waals surface area contributed by atoms with Gasteiger partial charge >= 0.3 is 0 Å². The summed E-state index contributed by atoms with van der Waals surface area (Å²) in [5.41, 5.74) is 0. The Morgan fingerprint density at radius 3 is 1.05 bits per heavy atom. The Kier molecular flexibility index (Phi) is 5.45. The zero-order chi connectivity index (χ0) is 13.8. The Labute approximate surface area is 126 Å². The number of hydrogen-bond donors (Lipinski definition) is 0. The minimum absolute atomic E-state index is 0.799. The monoisotopic (exact) mass is 321 g/mol. The molecule has 0 bridgehead atoms. The number of hydrogen-bond acceptors (Lipinski definition) is 4. The molecule has 0 aromatic carbocycles. The van der Waals surface area contributed by atoms with Crippen LogP contribution in [0.15, 0.2) is 0 Å². The summed E-state index contributed by atoms with van der Waals surface area (Å²) in [7, 11) is 0. The van der Waals surface area contributed by atoms with Crippen LogP contribution in [0.5, 0.6) is 0 Å². The van der Waals surface area contributed by atoms with E-state index in [4.69, 9.17) is 26.0 Å². The van der Waals surface area contributed by atoms with Crippen molar-refractivity contribution in [3.8, 4) is 0 Å². The second kappa shape index (κ2) is 7.11. The minimum Gasteiger partial charge on any atom is -0.379 e. The summed E-state index contributed by atoms with van der Waals surface area (Å²) in [6.07, 6.45) is 0. The molecule has 0 aromatic rings. The summed E-state index contributed by atoms with van der Waals surface area (Å²) in [6, 6.07) is 0. The fraction of sp³-hybridized carbons (Fsp3) is 1.00. The molecule has 3 rings (SSSR count). The van der Waals surface area contributed by atoms with Gasteiger partial charge in [-0.15, -0.1) is 0 Å². The highest BCUT2D eigenvalue weighted by molar-refractivity contribution is 8.11. The predicted octanol–water partition coefficient (Wildman–Crippen LogP) is 0.208. The van der Waals surface area contributed by atoms with Crippen LogP contribution in [0.4, 0.5) is 0 Å². The van der Waals surface area contributed by atoms with E-state index in [1.807, 2.05) is 0 Å². The van der Waals surface area contributed by atoms with E-state index < -0.39 is 6.49 Å². The largest absolute Gasteiger partial charge is 0.379 e. The van der Waals surface area contributed by atoms with Crippen LogP contribution in [0, 0.1) is 0 Å². The third kappa shape index (κ3) is 3.10. The summed E-state index contributed by atoms with van der Waals surface area (Å²) in [4.78, 5) is 0. The lowest BCUT2D eigenvalue weighted by Gasteiger charge is -2.51. The normalized spacial score (nSPS) is 28.6. The molecule has 3 aliphatic heterocycles. The van der Waals surface area contributed by atoms with Crippen LogP contribution in [0.2, 0.25) is 0 Å².